The Hall–Kier alpha value is -3.68. The summed E-state index contributed by atoms with van der Waals surface area (Å²) >= 11 is 0. The van der Waals surface area contributed by atoms with Gasteiger partial charge in [0.05, 0.1) is 16.6 Å². The van der Waals surface area contributed by atoms with E-state index in [1.165, 1.54) is 12.1 Å². The maximum Gasteiger partial charge on any atom is 0.340 e. The Kier molecular flexibility index (Phi) is 3.85. The summed E-state index contributed by atoms with van der Waals surface area (Å²) in [5.74, 6) is -1.11. The van der Waals surface area contributed by atoms with Crippen molar-refractivity contribution in [1.29, 1.82) is 0 Å². The van der Waals surface area contributed by atoms with Crippen molar-refractivity contribution in [2.24, 2.45) is 0 Å². The zero-order valence-corrected chi connectivity index (χ0v) is 13.3. The third kappa shape index (κ3) is 2.88. The zero-order valence-electron chi connectivity index (χ0n) is 13.3. The van der Waals surface area contributed by atoms with Gasteiger partial charge < -0.3 is 19.2 Å². The molecule has 2 N–H and O–H groups in total. The lowest BCUT2D eigenvalue weighted by Crippen LogP contribution is -2.07. The van der Waals surface area contributed by atoms with Gasteiger partial charge in [0.25, 0.3) is 11.8 Å². The Labute approximate surface area is 146 Å². The normalized spacial score (nSPS) is 11.0. The van der Waals surface area contributed by atoms with Crippen molar-refractivity contribution in [2.45, 2.75) is 6.61 Å². The fraction of sp³-hybridized carbons (Fsp3) is 0.0556. The van der Waals surface area contributed by atoms with Gasteiger partial charge in [0, 0.05) is 11.6 Å². The van der Waals surface area contributed by atoms with Gasteiger partial charge in [-0.25, -0.2) is 9.18 Å². The van der Waals surface area contributed by atoms with Crippen LogP contribution in [0.3, 0.4) is 0 Å². The molecular weight excluding hydrogens is 341 g/mol. The number of nitrogens with one attached hydrogen (secondary N) is 1. The van der Waals surface area contributed by atoms with Crippen LogP contribution in [0.5, 0.6) is 5.75 Å². The molecule has 130 valence electrons. The van der Waals surface area contributed by atoms with Crippen molar-refractivity contribution in [3.63, 3.8) is 0 Å². The van der Waals surface area contributed by atoms with Gasteiger partial charge in [-0.15, -0.1) is 10.2 Å². The SMILES string of the molecule is O=C(OCc1nnc(-c2ccccc2O)o1)c1cc(F)cc2cc[nH]c12. The number of phenolic OH excluding ortho intramolecular Hbond substituents is 1. The fourth-order valence-electron chi connectivity index (χ4n) is 2.58. The molecule has 0 spiro atoms. The molecule has 0 fully saturated rings. The number of benzene rings is 2. The minimum Gasteiger partial charge on any atom is -0.507 e. The number of carbonyl (C=O) groups is 1. The van der Waals surface area contributed by atoms with E-state index >= 15 is 0 Å². The molecule has 0 amide bonds. The van der Waals surface area contributed by atoms with Gasteiger partial charge in [0.15, 0.2) is 6.61 Å². The van der Waals surface area contributed by atoms with Gasteiger partial charge in [-0.1, -0.05) is 12.1 Å². The number of carbonyl (C=O) groups excluding carboxylic acids is 1. The predicted molar refractivity (Wildman–Crippen MR) is 88.8 cm³/mol. The second-order valence-corrected chi connectivity index (χ2v) is 5.49. The first-order chi connectivity index (χ1) is 12.6. The van der Waals surface area contributed by atoms with E-state index < -0.39 is 11.8 Å². The molecule has 7 nitrogen and oxygen atoms in total. The molecule has 26 heavy (non-hydrogen) atoms. The molecule has 4 rings (SSSR count). The molecule has 0 bridgehead atoms. The minimum atomic E-state index is -0.723. The van der Waals surface area contributed by atoms with Crippen molar-refractivity contribution in [2.75, 3.05) is 0 Å². The Morgan fingerprint density at radius 2 is 2.08 bits per heavy atom. The lowest BCUT2D eigenvalue weighted by Gasteiger charge is -2.04. The van der Waals surface area contributed by atoms with E-state index in [1.54, 1.807) is 30.5 Å². The number of halogens is 1. The van der Waals surface area contributed by atoms with Gasteiger partial charge in [0.1, 0.15) is 11.6 Å². The lowest BCUT2D eigenvalue weighted by molar-refractivity contribution is 0.0440. The van der Waals surface area contributed by atoms with Crippen LogP contribution in [0, 0.1) is 5.82 Å². The van der Waals surface area contributed by atoms with E-state index in [4.69, 9.17) is 9.15 Å². The largest absolute Gasteiger partial charge is 0.507 e. The highest BCUT2D eigenvalue weighted by atomic mass is 19.1. The van der Waals surface area contributed by atoms with Crippen LogP contribution in [0.2, 0.25) is 0 Å². The highest BCUT2D eigenvalue weighted by Crippen LogP contribution is 2.27. The number of ether oxygens (including phenoxy) is 1. The van der Waals surface area contributed by atoms with Crippen LogP contribution in [-0.4, -0.2) is 26.3 Å². The molecule has 0 atom stereocenters. The molecule has 2 heterocycles. The van der Waals surface area contributed by atoms with Crippen molar-refractivity contribution < 1.29 is 23.4 Å². The van der Waals surface area contributed by atoms with Crippen LogP contribution in [0.4, 0.5) is 4.39 Å². The molecule has 0 aliphatic heterocycles. The highest BCUT2D eigenvalue weighted by molar-refractivity contribution is 6.02. The topological polar surface area (TPSA) is 101 Å². The average Bonchev–Trinajstić information content (AvgIpc) is 3.28. The number of rotatable bonds is 4. The van der Waals surface area contributed by atoms with Crippen LogP contribution < -0.4 is 0 Å². The predicted octanol–water partition coefficient (Wildman–Crippen LogP) is 3.42. The number of hydrogen-bond acceptors (Lipinski definition) is 6. The van der Waals surface area contributed by atoms with E-state index in [-0.39, 0.29) is 29.7 Å². The molecule has 0 unspecified atom stereocenters. The van der Waals surface area contributed by atoms with Crippen molar-refractivity contribution >= 4 is 16.9 Å². The van der Waals surface area contributed by atoms with Crippen molar-refractivity contribution in [3.8, 4) is 17.2 Å². The summed E-state index contributed by atoms with van der Waals surface area (Å²) in [7, 11) is 0. The second-order valence-electron chi connectivity index (χ2n) is 5.49. The maximum absolute atomic E-state index is 13.6. The first-order valence-electron chi connectivity index (χ1n) is 7.66. The van der Waals surface area contributed by atoms with Gasteiger partial charge in [-0.2, -0.15) is 0 Å². The first-order valence-corrected chi connectivity index (χ1v) is 7.66. The van der Waals surface area contributed by atoms with E-state index in [9.17, 15) is 14.3 Å². The summed E-state index contributed by atoms with van der Waals surface area (Å²) in [6.07, 6.45) is 1.61. The second kappa shape index (κ2) is 6.32. The highest BCUT2D eigenvalue weighted by Gasteiger charge is 2.17. The van der Waals surface area contributed by atoms with E-state index in [0.717, 1.165) is 6.07 Å². The van der Waals surface area contributed by atoms with Crippen molar-refractivity contribution in [1.82, 2.24) is 15.2 Å². The summed E-state index contributed by atoms with van der Waals surface area (Å²) in [6, 6.07) is 10.6. The number of fused-ring (bicyclic) bond motifs is 1. The number of aromatic nitrogens is 3. The summed E-state index contributed by atoms with van der Waals surface area (Å²) < 4.78 is 24.2. The molecule has 0 saturated heterocycles. The summed E-state index contributed by atoms with van der Waals surface area (Å²) in [5, 5.41) is 18.0. The Bertz CT molecular complexity index is 1100. The third-order valence-electron chi connectivity index (χ3n) is 3.77. The van der Waals surface area contributed by atoms with Gasteiger partial charge in [-0.3, -0.25) is 0 Å². The van der Waals surface area contributed by atoms with E-state index in [0.29, 0.717) is 16.5 Å². The van der Waals surface area contributed by atoms with Gasteiger partial charge in [-0.05, 0) is 30.3 Å². The van der Waals surface area contributed by atoms with Gasteiger partial charge >= 0.3 is 5.97 Å². The molecule has 0 radical (unpaired) electrons. The Morgan fingerprint density at radius 1 is 1.23 bits per heavy atom. The van der Waals surface area contributed by atoms with Crippen LogP contribution in [0.25, 0.3) is 22.4 Å². The molecule has 4 aromatic rings. The molecule has 0 aliphatic carbocycles. The first kappa shape index (κ1) is 15.8. The lowest BCUT2D eigenvalue weighted by atomic mass is 10.1. The van der Waals surface area contributed by atoms with Crippen molar-refractivity contribution in [3.05, 3.63) is 65.9 Å². The number of phenols is 1. The molecule has 2 aromatic heterocycles. The number of nitrogens with zero attached hydrogens (tertiary/aromatic N) is 2. The average molecular weight is 353 g/mol. The van der Waals surface area contributed by atoms with E-state index in [2.05, 4.69) is 15.2 Å². The van der Waals surface area contributed by atoms with Crippen LogP contribution in [-0.2, 0) is 11.3 Å². The number of para-hydroxylation sites is 1. The molecular formula is C18H12FN3O4. The summed E-state index contributed by atoms with van der Waals surface area (Å²) in [4.78, 5) is 15.2. The van der Waals surface area contributed by atoms with E-state index in [1.807, 2.05) is 0 Å². The van der Waals surface area contributed by atoms with Crippen LogP contribution in [0.15, 0.2) is 53.1 Å². The number of aromatic hydroxyl groups is 1. The number of H-pyrrole nitrogens is 1. The third-order valence-corrected chi connectivity index (χ3v) is 3.77. The number of aromatic amines is 1. The summed E-state index contributed by atoms with van der Waals surface area (Å²) in [5.41, 5.74) is 0.929. The number of hydrogen-bond donors (Lipinski definition) is 2. The Balaban J connectivity index is 1.52. The molecule has 2 aromatic carbocycles. The van der Waals surface area contributed by atoms with Gasteiger partial charge in [0.2, 0.25) is 0 Å². The van der Waals surface area contributed by atoms with Crippen LogP contribution in [0.1, 0.15) is 16.2 Å². The zero-order chi connectivity index (χ0) is 18.1. The monoisotopic (exact) mass is 353 g/mol. The quantitative estimate of drug-likeness (QED) is 0.545. The summed E-state index contributed by atoms with van der Waals surface area (Å²) in [6.45, 7) is -0.280. The smallest absolute Gasteiger partial charge is 0.340 e. The maximum atomic E-state index is 13.6. The molecule has 0 aliphatic rings. The molecule has 0 saturated carbocycles. The standard InChI is InChI=1S/C18H12FN3O4/c19-11-7-10-5-6-20-16(10)13(8-11)18(24)25-9-15-21-22-17(26-15)12-3-1-2-4-14(12)23/h1-8,20,23H,9H2. The van der Waals surface area contributed by atoms with Crippen LogP contribution >= 0.6 is 0 Å². The number of esters is 1. The molecule has 8 heteroatoms. The minimum absolute atomic E-state index is 0.00593. The fourth-order valence-corrected chi connectivity index (χ4v) is 2.58. The Morgan fingerprint density at radius 3 is 2.92 bits per heavy atom.